The predicted molar refractivity (Wildman–Crippen MR) is 119 cm³/mol. The first-order valence-corrected chi connectivity index (χ1v) is 9.77. The Labute approximate surface area is 182 Å². The fourth-order valence-electron chi connectivity index (χ4n) is 3.18. The first-order valence-electron chi connectivity index (χ1n) is 9.77. The lowest BCUT2D eigenvalue weighted by molar-refractivity contribution is -0.384. The number of nitrogens with one attached hydrogen (secondary N) is 2. The van der Waals surface area contributed by atoms with Crippen LogP contribution in [0.5, 0.6) is 0 Å². The van der Waals surface area contributed by atoms with Crippen LogP contribution in [0.4, 0.5) is 11.4 Å². The number of para-hydroxylation sites is 2. The zero-order valence-electron chi connectivity index (χ0n) is 17.0. The molecule has 9 heteroatoms. The van der Waals surface area contributed by atoms with Crippen molar-refractivity contribution in [1.29, 1.82) is 0 Å². The molecule has 0 saturated carbocycles. The van der Waals surface area contributed by atoms with Crippen LogP contribution in [-0.4, -0.2) is 33.4 Å². The first kappa shape index (κ1) is 20.7. The summed E-state index contributed by atoms with van der Waals surface area (Å²) in [6, 6.07) is 18.1. The summed E-state index contributed by atoms with van der Waals surface area (Å²) < 4.78 is 4.89. The molecule has 0 saturated heterocycles. The van der Waals surface area contributed by atoms with Gasteiger partial charge in [0.15, 0.2) is 0 Å². The second-order valence-electron chi connectivity index (χ2n) is 6.88. The van der Waals surface area contributed by atoms with Gasteiger partial charge in [0.2, 0.25) is 0 Å². The highest BCUT2D eigenvalue weighted by Crippen LogP contribution is 2.23. The van der Waals surface area contributed by atoms with E-state index in [1.54, 1.807) is 31.2 Å². The summed E-state index contributed by atoms with van der Waals surface area (Å²) in [6.45, 7) is 1.73. The normalized spacial score (nSPS) is 10.7. The number of hydrogen-bond donors (Lipinski definition) is 2. The summed E-state index contributed by atoms with van der Waals surface area (Å²) in [5.74, 6) is -0.627. The monoisotopic (exact) mass is 430 g/mol. The number of non-ortho nitro benzene ring substituents is 1. The van der Waals surface area contributed by atoms with Crippen LogP contribution in [0, 0.1) is 10.1 Å². The molecule has 9 nitrogen and oxygen atoms in total. The lowest BCUT2D eigenvalue weighted by Crippen LogP contribution is -2.14. The molecule has 0 atom stereocenters. The minimum absolute atomic E-state index is 0.0244. The van der Waals surface area contributed by atoms with Gasteiger partial charge in [0.25, 0.3) is 11.6 Å². The maximum absolute atomic E-state index is 12.7. The van der Waals surface area contributed by atoms with Crippen LogP contribution in [0.25, 0.3) is 22.4 Å². The molecule has 0 fully saturated rings. The number of rotatable bonds is 6. The van der Waals surface area contributed by atoms with E-state index >= 15 is 0 Å². The summed E-state index contributed by atoms with van der Waals surface area (Å²) in [5.41, 5.74) is 2.63. The number of H-pyrrole nitrogens is 1. The Balaban J connectivity index is 1.55. The molecule has 0 radical (unpaired) electrons. The van der Waals surface area contributed by atoms with Crippen LogP contribution in [0.1, 0.15) is 27.6 Å². The van der Waals surface area contributed by atoms with E-state index in [1.165, 1.54) is 6.07 Å². The Morgan fingerprint density at radius 3 is 2.47 bits per heavy atom. The summed E-state index contributed by atoms with van der Waals surface area (Å²) in [7, 11) is 0. The third-order valence-corrected chi connectivity index (χ3v) is 4.71. The molecule has 32 heavy (non-hydrogen) atoms. The standard InChI is InChI=1S/C23H18N4O5/c1-2-32-23(29)16-11-15(12-18(13-16)27(30)31)22(28)24-17-9-7-14(8-10-17)21-25-19-5-3-4-6-20(19)26-21/h3-13H,2H2,1H3,(H,24,28)(H,25,26). The van der Waals surface area contributed by atoms with E-state index in [-0.39, 0.29) is 23.4 Å². The van der Waals surface area contributed by atoms with E-state index in [0.717, 1.165) is 28.7 Å². The minimum Gasteiger partial charge on any atom is -0.462 e. The average Bonchev–Trinajstić information content (AvgIpc) is 3.23. The zero-order valence-corrected chi connectivity index (χ0v) is 17.0. The molecule has 0 unspecified atom stereocenters. The number of carbonyl (C=O) groups excluding carboxylic acids is 2. The van der Waals surface area contributed by atoms with Crippen LogP contribution in [-0.2, 0) is 4.74 Å². The quantitative estimate of drug-likeness (QED) is 0.262. The van der Waals surface area contributed by atoms with Crippen molar-refractivity contribution in [2.24, 2.45) is 0 Å². The Bertz CT molecular complexity index is 1290. The summed E-state index contributed by atoms with van der Waals surface area (Å²) in [4.78, 5) is 43.0. The molecule has 0 aliphatic heterocycles. The molecule has 0 bridgehead atoms. The number of nitro groups is 1. The number of fused-ring (bicyclic) bond motifs is 1. The number of esters is 1. The van der Waals surface area contributed by atoms with Crippen LogP contribution in [0.2, 0.25) is 0 Å². The Hall–Kier alpha value is -4.53. The largest absolute Gasteiger partial charge is 0.462 e. The fourth-order valence-corrected chi connectivity index (χ4v) is 3.18. The first-order chi connectivity index (χ1) is 15.4. The van der Waals surface area contributed by atoms with Gasteiger partial charge in [0, 0.05) is 28.9 Å². The number of hydrogen-bond acceptors (Lipinski definition) is 6. The number of nitrogens with zero attached hydrogens (tertiary/aromatic N) is 2. The van der Waals surface area contributed by atoms with E-state index in [1.807, 2.05) is 24.3 Å². The lowest BCUT2D eigenvalue weighted by atomic mass is 10.1. The summed E-state index contributed by atoms with van der Waals surface area (Å²) in [5, 5.41) is 13.9. The molecule has 2 N–H and O–H groups in total. The number of aromatic nitrogens is 2. The summed E-state index contributed by atoms with van der Waals surface area (Å²) >= 11 is 0. The average molecular weight is 430 g/mol. The number of nitro benzene ring substituents is 1. The Morgan fingerprint density at radius 1 is 1.06 bits per heavy atom. The lowest BCUT2D eigenvalue weighted by Gasteiger charge is -2.08. The van der Waals surface area contributed by atoms with Gasteiger partial charge >= 0.3 is 5.97 Å². The van der Waals surface area contributed by atoms with Gasteiger partial charge in [-0.1, -0.05) is 12.1 Å². The number of imidazole rings is 1. The van der Waals surface area contributed by atoms with Crippen LogP contribution >= 0.6 is 0 Å². The van der Waals surface area contributed by atoms with Crippen molar-refractivity contribution < 1.29 is 19.2 Å². The van der Waals surface area contributed by atoms with Gasteiger partial charge < -0.3 is 15.0 Å². The molecule has 3 aromatic carbocycles. The number of amides is 1. The topological polar surface area (TPSA) is 127 Å². The number of benzene rings is 3. The number of aromatic amines is 1. The second-order valence-corrected chi connectivity index (χ2v) is 6.88. The van der Waals surface area contributed by atoms with Gasteiger partial charge in [-0.3, -0.25) is 14.9 Å². The third kappa shape index (κ3) is 4.31. The fraction of sp³-hybridized carbons (Fsp3) is 0.0870. The third-order valence-electron chi connectivity index (χ3n) is 4.71. The maximum Gasteiger partial charge on any atom is 0.338 e. The smallest absolute Gasteiger partial charge is 0.338 e. The van der Waals surface area contributed by atoms with Gasteiger partial charge in [-0.2, -0.15) is 0 Å². The molecule has 4 rings (SSSR count). The zero-order chi connectivity index (χ0) is 22.7. The maximum atomic E-state index is 12.7. The highest BCUT2D eigenvalue weighted by atomic mass is 16.6. The molecule has 1 aromatic heterocycles. The second kappa shape index (κ2) is 8.68. The van der Waals surface area contributed by atoms with E-state index in [4.69, 9.17) is 4.74 Å². The van der Waals surface area contributed by atoms with Gasteiger partial charge in [-0.25, -0.2) is 9.78 Å². The van der Waals surface area contributed by atoms with E-state index in [0.29, 0.717) is 11.5 Å². The van der Waals surface area contributed by atoms with Gasteiger partial charge in [0.1, 0.15) is 5.82 Å². The number of ether oxygens (including phenoxy) is 1. The van der Waals surface area contributed by atoms with Crippen LogP contribution in [0.3, 0.4) is 0 Å². The molecule has 0 spiro atoms. The van der Waals surface area contributed by atoms with Crippen molar-refractivity contribution in [2.45, 2.75) is 6.92 Å². The highest BCUT2D eigenvalue weighted by molar-refractivity contribution is 6.06. The van der Waals surface area contributed by atoms with Crippen molar-refractivity contribution in [1.82, 2.24) is 9.97 Å². The van der Waals surface area contributed by atoms with E-state index in [2.05, 4.69) is 15.3 Å². The highest BCUT2D eigenvalue weighted by Gasteiger charge is 2.19. The minimum atomic E-state index is -0.736. The molecule has 1 amide bonds. The number of carbonyl (C=O) groups is 2. The molecular formula is C23H18N4O5. The number of anilines is 1. The van der Waals surface area contributed by atoms with Crippen molar-refractivity contribution >= 4 is 34.3 Å². The Morgan fingerprint density at radius 2 is 1.78 bits per heavy atom. The predicted octanol–water partition coefficient (Wildman–Crippen LogP) is 4.57. The van der Waals surface area contributed by atoms with Crippen molar-refractivity contribution in [3.8, 4) is 11.4 Å². The van der Waals surface area contributed by atoms with E-state index in [9.17, 15) is 19.7 Å². The van der Waals surface area contributed by atoms with Gasteiger partial charge in [0.05, 0.1) is 28.1 Å². The molecule has 4 aromatic rings. The van der Waals surface area contributed by atoms with Crippen LogP contribution in [0.15, 0.2) is 66.7 Å². The van der Waals surface area contributed by atoms with Crippen molar-refractivity contribution in [2.75, 3.05) is 11.9 Å². The van der Waals surface area contributed by atoms with Gasteiger partial charge in [-0.05, 0) is 49.4 Å². The van der Waals surface area contributed by atoms with Crippen molar-refractivity contribution in [3.63, 3.8) is 0 Å². The molecule has 1 heterocycles. The molecule has 160 valence electrons. The SMILES string of the molecule is CCOC(=O)c1cc(C(=O)Nc2ccc(-c3nc4ccccc4[nH]3)cc2)cc([N+](=O)[O-])c1. The molecule has 0 aliphatic rings. The van der Waals surface area contributed by atoms with Crippen molar-refractivity contribution in [3.05, 3.63) is 88.0 Å². The van der Waals surface area contributed by atoms with Gasteiger partial charge in [-0.15, -0.1) is 0 Å². The molecule has 0 aliphatic carbocycles. The Kier molecular flexibility index (Phi) is 5.63. The molecular weight excluding hydrogens is 412 g/mol. The summed E-state index contributed by atoms with van der Waals surface area (Å²) in [6.07, 6.45) is 0. The van der Waals surface area contributed by atoms with Crippen LogP contribution < -0.4 is 5.32 Å². The van der Waals surface area contributed by atoms with E-state index < -0.39 is 16.8 Å².